The first-order valence-electron chi connectivity index (χ1n) is 5.86. The van der Waals surface area contributed by atoms with Gasteiger partial charge in [-0.3, -0.25) is 0 Å². The Bertz CT molecular complexity index is 461. The topological polar surface area (TPSA) is 72.8 Å². The maximum atomic E-state index is 13.6. The number of para-hydroxylation sites is 1. The van der Waals surface area contributed by atoms with E-state index < -0.39 is 17.4 Å². The molecule has 5 nitrogen and oxygen atoms in total. The Labute approximate surface area is 111 Å². The Balaban J connectivity index is 2.86. The molecule has 0 radical (unpaired) electrons. The number of carboxylic acids is 1. The SMILES string of the molecule is CN(C)CC(C)(O)CNc1c(F)cccc1C(=O)O. The van der Waals surface area contributed by atoms with Crippen LogP contribution in [0.3, 0.4) is 0 Å². The molecule has 1 rings (SSSR count). The van der Waals surface area contributed by atoms with Gasteiger partial charge in [-0.2, -0.15) is 0 Å². The Morgan fingerprint density at radius 3 is 2.63 bits per heavy atom. The average molecular weight is 270 g/mol. The lowest BCUT2D eigenvalue weighted by atomic mass is 10.1. The third-order valence-corrected chi connectivity index (χ3v) is 2.55. The molecule has 0 amide bonds. The number of likely N-dealkylation sites (N-methyl/N-ethyl adjacent to an activating group) is 1. The summed E-state index contributed by atoms with van der Waals surface area (Å²) < 4.78 is 13.6. The summed E-state index contributed by atoms with van der Waals surface area (Å²) in [6.07, 6.45) is 0. The van der Waals surface area contributed by atoms with Crippen LogP contribution in [0, 0.1) is 5.82 Å². The van der Waals surface area contributed by atoms with Crippen molar-refractivity contribution >= 4 is 11.7 Å². The van der Waals surface area contributed by atoms with Crippen LogP contribution in [-0.2, 0) is 0 Å². The Kier molecular flexibility index (Phi) is 4.85. The van der Waals surface area contributed by atoms with Gasteiger partial charge in [0.15, 0.2) is 0 Å². The summed E-state index contributed by atoms with van der Waals surface area (Å²) in [6.45, 7) is 2.02. The molecule has 1 unspecified atom stereocenters. The summed E-state index contributed by atoms with van der Waals surface area (Å²) >= 11 is 0. The highest BCUT2D eigenvalue weighted by Crippen LogP contribution is 2.20. The molecule has 6 heteroatoms. The predicted octanol–water partition coefficient (Wildman–Crippen LogP) is 1.25. The molecule has 1 aromatic rings. The van der Waals surface area contributed by atoms with E-state index in [0.29, 0.717) is 6.54 Å². The van der Waals surface area contributed by atoms with Crippen LogP contribution in [0.2, 0.25) is 0 Å². The van der Waals surface area contributed by atoms with Crippen LogP contribution in [0.4, 0.5) is 10.1 Å². The minimum absolute atomic E-state index is 0.0480. The van der Waals surface area contributed by atoms with Crippen molar-refractivity contribution in [2.45, 2.75) is 12.5 Å². The average Bonchev–Trinajstić information content (AvgIpc) is 2.25. The summed E-state index contributed by atoms with van der Waals surface area (Å²) in [6, 6.07) is 3.83. The fourth-order valence-electron chi connectivity index (χ4n) is 1.90. The predicted molar refractivity (Wildman–Crippen MR) is 71.0 cm³/mol. The molecule has 0 bridgehead atoms. The van der Waals surface area contributed by atoms with Gasteiger partial charge in [-0.05, 0) is 33.2 Å². The first-order valence-corrected chi connectivity index (χ1v) is 5.86. The number of hydrogen-bond acceptors (Lipinski definition) is 4. The van der Waals surface area contributed by atoms with Crippen molar-refractivity contribution in [3.63, 3.8) is 0 Å². The van der Waals surface area contributed by atoms with E-state index in [2.05, 4.69) is 5.32 Å². The van der Waals surface area contributed by atoms with Gasteiger partial charge < -0.3 is 20.4 Å². The van der Waals surface area contributed by atoms with Crippen molar-refractivity contribution in [3.8, 4) is 0 Å². The first-order chi connectivity index (χ1) is 8.73. The lowest BCUT2D eigenvalue weighted by Gasteiger charge is -2.27. The van der Waals surface area contributed by atoms with Crippen LogP contribution in [0.25, 0.3) is 0 Å². The molecule has 19 heavy (non-hydrogen) atoms. The molecule has 0 aliphatic carbocycles. The molecule has 3 N–H and O–H groups in total. The summed E-state index contributed by atoms with van der Waals surface area (Å²) in [5.41, 5.74) is -1.35. The number of carbonyl (C=O) groups is 1. The minimum Gasteiger partial charge on any atom is -0.478 e. The van der Waals surface area contributed by atoms with Crippen molar-refractivity contribution in [3.05, 3.63) is 29.6 Å². The van der Waals surface area contributed by atoms with Gasteiger partial charge in [0, 0.05) is 13.1 Å². The van der Waals surface area contributed by atoms with E-state index >= 15 is 0 Å². The summed E-state index contributed by atoms with van der Waals surface area (Å²) in [4.78, 5) is 12.8. The number of benzene rings is 1. The molecule has 0 fully saturated rings. The van der Waals surface area contributed by atoms with E-state index in [1.807, 2.05) is 0 Å². The van der Waals surface area contributed by atoms with E-state index in [1.165, 1.54) is 18.2 Å². The normalized spacial score (nSPS) is 14.2. The van der Waals surface area contributed by atoms with Gasteiger partial charge in [0.1, 0.15) is 5.82 Å². The molecule has 106 valence electrons. The van der Waals surface area contributed by atoms with Crippen molar-refractivity contribution in [1.82, 2.24) is 4.90 Å². The van der Waals surface area contributed by atoms with Crippen molar-refractivity contribution in [1.29, 1.82) is 0 Å². The van der Waals surface area contributed by atoms with E-state index in [0.717, 1.165) is 0 Å². The Hall–Kier alpha value is -1.66. The van der Waals surface area contributed by atoms with Crippen LogP contribution in [-0.4, -0.2) is 53.9 Å². The molecule has 1 aromatic carbocycles. The van der Waals surface area contributed by atoms with Gasteiger partial charge in [-0.25, -0.2) is 9.18 Å². The lowest BCUT2D eigenvalue weighted by Crippen LogP contribution is -2.43. The van der Waals surface area contributed by atoms with E-state index in [9.17, 15) is 14.3 Å². The zero-order valence-corrected chi connectivity index (χ0v) is 11.3. The largest absolute Gasteiger partial charge is 0.478 e. The molecule has 1 atom stereocenters. The first kappa shape index (κ1) is 15.4. The third-order valence-electron chi connectivity index (χ3n) is 2.55. The van der Waals surface area contributed by atoms with E-state index in [-0.39, 0.29) is 17.8 Å². The van der Waals surface area contributed by atoms with Crippen LogP contribution in [0.1, 0.15) is 17.3 Å². The summed E-state index contributed by atoms with van der Waals surface area (Å²) in [7, 11) is 3.61. The van der Waals surface area contributed by atoms with Crippen molar-refractivity contribution in [2.24, 2.45) is 0 Å². The fourth-order valence-corrected chi connectivity index (χ4v) is 1.90. The molecule has 0 aliphatic heterocycles. The van der Waals surface area contributed by atoms with E-state index in [1.54, 1.807) is 25.9 Å². The molecule has 0 aromatic heterocycles. The molecular weight excluding hydrogens is 251 g/mol. The Morgan fingerprint density at radius 1 is 1.47 bits per heavy atom. The number of nitrogens with zero attached hydrogens (tertiary/aromatic N) is 1. The molecular formula is C13H19FN2O3. The second kappa shape index (κ2) is 5.99. The van der Waals surface area contributed by atoms with Crippen LogP contribution < -0.4 is 5.32 Å². The number of halogens is 1. The molecule has 0 saturated carbocycles. The number of nitrogens with one attached hydrogen (secondary N) is 1. The second-order valence-corrected chi connectivity index (χ2v) is 5.06. The number of aliphatic hydroxyl groups is 1. The second-order valence-electron chi connectivity index (χ2n) is 5.06. The fraction of sp³-hybridized carbons (Fsp3) is 0.462. The van der Waals surface area contributed by atoms with Crippen LogP contribution in [0.5, 0.6) is 0 Å². The van der Waals surface area contributed by atoms with Gasteiger partial charge in [0.05, 0.1) is 16.9 Å². The highest BCUT2D eigenvalue weighted by atomic mass is 19.1. The number of aromatic carboxylic acids is 1. The van der Waals surface area contributed by atoms with Crippen LogP contribution >= 0.6 is 0 Å². The van der Waals surface area contributed by atoms with Crippen molar-refractivity contribution in [2.75, 3.05) is 32.5 Å². The summed E-state index contributed by atoms with van der Waals surface area (Å²) in [5, 5.41) is 21.8. The number of anilines is 1. The highest BCUT2D eigenvalue weighted by Gasteiger charge is 2.23. The standard InChI is InChI=1S/C13H19FN2O3/c1-13(19,8-16(2)3)7-15-11-9(12(17)18)5-4-6-10(11)14/h4-6,15,19H,7-8H2,1-3H3,(H,17,18). The highest BCUT2D eigenvalue weighted by molar-refractivity contribution is 5.94. The smallest absolute Gasteiger partial charge is 0.337 e. The molecule has 0 aliphatic rings. The van der Waals surface area contributed by atoms with Crippen molar-refractivity contribution < 1.29 is 19.4 Å². The van der Waals surface area contributed by atoms with E-state index in [4.69, 9.17) is 5.11 Å². The van der Waals surface area contributed by atoms with Gasteiger partial charge in [-0.1, -0.05) is 6.07 Å². The number of rotatable bonds is 6. The maximum absolute atomic E-state index is 13.6. The summed E-state index contributed by atoms with van der Waals surface area (Å²) in [5.74, 6) is -1.87. The number of carboxylic acid groups (broad SMARTS) is 1. The zero-order valence-electron chi connectivity index (χ0n) is 11.3. The van der Waals surface area contributed by atoms with Gasteiger partial charge in [-0.15, -0.1) is 0 Å². The minimum atomic E-state index is -1.21. The van der Waals surface area contributed by atoms with Crippen LogP contribution in [0.15, 0.2) is 18.2 Å². The third kappa shape index (κ3) is 4.50. The Morgan fingerprint density at radius 2 is 2.11 bits per heavy atom. The van der Waals surface area contributed by atoms with Gasteiger partial charge in [0.25, 0.3) is 0 Å². The molecule has 0 heterocycles. The lowest BCUT2D eigenvalue weighted by molar-refractivity contribution is 0.0457. The zero-order chi connectivity index (χ0) is 14.6. The maximum Gasteiger partial charge on any atom is 0.337 e. The van der Waals surface area contributed by atoms with Gasteiger partial charge in [0.2, 0.25) is 0 Å². The quantitative estimate of drug-likeness (QED) is 0.725. The molecule has 0 saturated heterocycles. The molecule has 0 spiro atoms. The van der Waals surface area contributed by atoms with Gasteiger partial charge >= 0.3 is 5.97 Å². The number of hydrogen-bond donors (Lipinski definition) is 3. The monoisotopic (exact) mass is 270 g/mol.